The number of hydrogen-bond donors (Lipinski definition) is 3. The van der Waals surface area contributed by atoms with E-state index in [1.54, 1.807) is 6.08 Å². The molecular weight excluding hydrogens is 911 g/mol. The van der Waals surface area contributed by atoms with Gasteiger partial charge in [0.25, 0.3) is 0 Å². The van der Waals surface area contributed by atoms with E-state index in [9.17, 15) is 19.8 Å². The summed E-state index contributed by atoms with van der Waals surface area (Å²) in [6, 6.07) is -0.626. The Hall–Kier alpha value is -1.66. The van der Waals surface area contributed by atoms with Gasteiger partial charge < -0.3 is 20.3 Å². The fraction of sp³-hybridized carbons (Fsp3) is 0.912. The SMILES string of the molecule is CCCCCC/C=C\CCCCCCCC(=O)OCCCCCCCCCCCCCCCCCCCCCCCCCCCCCC(=O)NC(CO)C(O)/C=C/CCCCCCCCCCCCCCCCC. The second-order valence-electron chi connectivity index (χ2n) is 23.2. The first-order chi connectivity index (χ1) is 36.5. The molecule has 0 saturated heterocycles. The first-order valence-corrected chi connectivity index (χ1v) is 33.6. The summed E-state index contributed by atoms with van der Waals surface area (Å²) in [4.78, 5) is 24.5. The first kappa shape index (κ1) is 72.3. The van der Waals surface area contributed by atoms with E-state index in [0.717, 1.165) is 44.9 Å². The molecule has 0 heterocycles. The van der Waals surface area contributed by atoms with Crippen LogP contribution in [0, 0.1) is 0 Å². The van der Waals surface area contributed by atoms with Gasteiger partial charge in [-0.25, -0.2) is 0 Å². The highest BCUT2D eigenvalue weighted by atomic mass is 16.5. The smallest absolute Gasteiger partial charge is 0.305 e. The fourth-order valence-corrected chi connectivity index (χ4v) is 10.6. The maximum atomic E-state index is 12.5. The molecule has 0 spiro atoms. The minimum Gasteiger partial charge on any atom is -0.466 e. The van der Waals surface area contributed by atoms with Gasteiger partial charge in [-0.3, -0.25) is 9.59 Å². The summed E-state index contributed by atoms with van der Waals surface area (Å²) < 4.78 is 5.48. The van der Waals surface area contributed by atoms with Crippen LogP contribution in [0.25, 0.3) is 0 Å². The van der Waals surface area contributed by atoms with Crippen LogP contribution in [0.15, 0.2) is 24.3 Å². The van der Waals surface area contributed by atoms with Crippen LogP contribution in [0.2, 0.25) is 0 Å². The second kappa shape index (κ2) is 63.9. The van der Waals surface area contributed by atoms with Crippen LogP contribution in [-0.2, 0) is 14.3 Å². The van der Waals surface area contributed by atoms with Crippen LogP contribution < -0.4 is 5.32 Å². The summed E-state index contributed by atoms with van der Waals surface area (Å²) >= 11 is 0. The minimum absolute atomic E-state index is 0.00886. The number of carbonyl (C=O) groups is 2. The van der Waals surface area contributed by atoms with Crippen LogP contribution in [-0.4, -0.2) is 47.4 Å². The van der Waals surface area contributed by atoms with Crippen molar-refractivity contribution < 1.29 is 24.5 Å². The van der Waals surface area contributed by atoms with Gasteiger partial charge in [0.05, 0.1) is 25.4 Å². The van der Waals surface area contributed by atoms with Gasteiger partial charge in [-0.05, 0) is 57.8 Å². The summed E-state index contributed by atoms with van der Waals surface area (Å²) in [5, 5.41) is 23.2. The Morgan fingerprint density at radius 2 is 0.635 bits per heavy atom. The molecular formula is C68H131NO5. The quantitative estimate of drug-likeness (QED) is 0.0320. The number of hydrogen-bond acceptors (Lipinski definition) is 5. The van der Waals surface area contributed by atoms with E-state index >= 15 is 0 Å². The molecule has 0 aliphatic carbocycles. The van der Waals surface area contributed by atoms with E-state index in [2.05, 4.69) is 31.3 Å². The lowest BCUT2D eigenvalue weighted by molar-refractivity contribution is -0.143. The van der Waals surface area contributed by atoms with Crippen LogP contribution >= 0.6 is 0 Å². The van der Waals surface area contributed by atoms with Crippen molar-refractivity contribution in [3.05, 3.63) is 24.3 Å². The van der Waals surface area contributed by atoms with E-state index in [4.69, 9.17) is 4.74 Å². The predicted octanol–water partition coefficient (Wildman–Crippen LogP) is 21.4. The number of allylic oxidation sites excluding steroid dienone is 3. The van der Waals surface area contributed by atoms with Gasteiger partial charge in [0, 0.05) is 12.8 Å². The maximum Gasteiger partial charge on any atom is 0.305 e. The lowest BCUT2D eigenvalue weighted by atomic mass is 10.0. The van der Waals surface area contributed by atoms with Crippen molar-refractivity contribution in [3.8, 4) is 0 Å². The molecule has 0 aliphatic rings. The minimum atomic E-state index is -0.842. The van der Waals surface area contributed by atoms with E-state index in [0.29, 0.717) is 19.4 Å². The molecule has 3 N–H and O–H groups in total. The standard InChI is InChI=1S/C68H131NO5/c1-3-5-7-9-11-13-15-17-18-30-33-37-40-44-48-52-56-60-66(71)65(64-70)69-67(72)61-57-53-49-45-41-38-34-31-28-26-24-22-20-19-21-23-25-27-29-32-35-39-43-47-51-55-59-63-74-68(73)62-58-54-50-46-42-36-16-14-12-10-8-6-4-2/h14,16,56,60,65-66,70-71H,3-13,15,17-55,57-59,61-64H2,1-2H3,(H,69,72)/b16-14-,60-56+. The van der Waals surface area contributed by atoms with Gasteiger partial charge in [0.1, 0.15) is 0 Å². The van der Waals surface area contributed by atoms with E-state index < -0.39 is 12.1 Å². The Labute approximate surface area is 462 Å². The third-order valence-electron chi connectivity index (χ3n) is 15.7. The number of aliphatic hydroxyl groups is 2. The Balaban J connectivity index is 3.37. The van der Waals surface area contributed by atoms with Crippen molar-refractivity contribution in [2.45, 2.75) is 386 Å². The van der Waals surface area contributed by atoms with E-state index in [1.165, 1.54) is 302 Å². The van der Waals surface area contributed by atoms with Crippen molar-refractivity contribution in [3.63, 3.8) is 0 Å². The van der Waals surface area contributed by atoms with Gasteiger partial charge in [-0.15, -0.1) is 0 Å². The van der Waals surface area contributed by atoms with Gasteiger partial charge in [-0.2, -0.15) is 0 Å². The highest BCUT2D eigenvalue weighted by Crippen LogP contribution is 2.18. The lowest BCUT2D eigenvalue weighted by Crippen LogP contribution is -2.45. The molecule has 0 aromatic heterocycles. The topological polar surface area (TPSA) is 95.9 Å². The highest BCUT2D eigenvalue weighted by Gasteiger charge is 2.18. The zero-order chi connectivity index (χ0) is 53.6. The molecule has 438 valence electrons. The molecule has 2 unspecified atom stereocenters. The molecule has 0 bridgehead atoms. The van der Waals surface area contributed by atoms with Crippen LogP contribution in [0.3, 0.4) is 0 Å². The summed E-state index contributed by atoms with van der Waals surface area (Å²) in [6.45, 7) is 4.92. The first-order valence-electron chi connectivity index (χ1n) is 33.6. The second-order valence-corrected chi connectivity index (χ2v) is 23.2. The predicted molar refractivity (Wildman–Crippen MR) is 324 cm³/mol. The largest absolute Gasteiger partial charge is 0.466 e. The maximum absolute atomic E-state index is 12.5. The van der Waals surface area contributed by atoms with E-state index in [-0.39, 0.29) is 18.5 Å². The van der Waals surface area contributed by atoms with Crippen molar-refractivity contribution in [1.29, 1.82) is 0 Å². The third-order valence-corrected chi connectivity index (χ3v) is 15.7. The monoisotopic (exact) mass is 1040 g/mol. The Bertz CT molecular complexity index is 1150. The lowest BCUT2D eigenvalue weighted by Gasteiger charge is -2.20. The van der Waals surface area contributed by atoms with Crippen LogP contribution in [0.4, 0.5) is 0 Å². The molecule has 0 radical (unpaired) electrons. The Morgan fingerprint density at radius 3 is 0.973 bits per heavy atom. The molecule has 0 aromatic carbocycles. The molecule has 6 heteroatoms. The number of nitrogens with one attached hydrogen (secondary N) is 1. The average molecular weight is 1040 g/mol. The van der Waals surface area contributed by atoms with Crippen molar-refractivity contribution in [1.82, 2.24) is 5.32 Å². The molecule has 0 aromatic rings. The summed E-state index contributed by atoms with van der Waals surface area (Å²) in [5.74, 6) is -0.0536. The van der Waals surface area contributed by atoms with Gasteiger partial charge >= 0.3 is 5.97 Å². The molecule has 0 rings (SSSR count). The number of rotatable bonds is 63. The summed E-state index contributed by atoms with van der Waals surface area (Å²) in [7, 11) is 0. The molecule has 0 aliphatic heterocycles. The fourth-order valence-electron chi connectivity index (χ4n) is 10.6. The van der Waals surface area contributed by atoms with Crippen molar-refractivity contribution in [2.75, 3.05) is 13.2 Å². The number of amides is 1. The molecule has 74 heavy (non-hydrogen) atoms. The van der Waals surface area contributed by atoms with Gasteiger partial charge in [-0.1, -0.05) is 327 Å². The highest BCUT2D eigenvalue weighted by molar-refractivity contribution is 5.76. The Morgan fingerprint density at radius 1 is 0.365 bits per heavy atom. The molecule has 6 nitrogen and oxygen atoms in total. The summed E-state index contributed by atoms with van der Waals surface area (Å²) in [6.07, 6.45) is 79.6. The molecule has 0 saturated carbocycles. The normalized spacial score (nSPS) is 12.6. The number of carbonyl (C=O) groups excluding carboxylic acids is 2. The zero-order valence-corrected chi connectivity index (χ0v) is 50.1. The zero-order valence-electron chi connectivity index (χ0n) is 50.1. The van der Waals surface area contributed by atoms with Gasteiger partial charge in [0.2, 0.25) is 5.91 Å². The van der Waals surface area contributed by atoms with Gasteiger partial charge in [0.15, 0.2) is 0 Å². The van der Waals surface area contributed by atoms with Crippen molar-refractivity contribution >= 4 is 11.9 Å². The Kier molecular flexibility index (Phi) is 62.4. The number of aliphatic hydroxyl groups excluding tert-OH is 2. The molecule has 1 amide bonds. The molecule has 2 atom stereocenters. The van der Waals surface area contributed by atoms with Crippen LogP contribution in [0.1, 0.15) is 373 Å². The molecule has 0 fully saturated rings. The summed E-state index contributed by atoms with van der Waals surface area (Å²) in [5.41, 5.74) is 0. The number of esters is 1. The number of unbranched alkanes of at least 4 members (excludes halogenated alkanes) is 50. The van der Waals surface area contributed by atoms with Crippen LogP contribution in [0.5, 0.6) is 0 Å². The van der Waals surface area contributed by atoms with E-state index in [1.807, 2.05) is 6.08 Å². The third kappa shape index (κ3) is 59.6. The average Bonchev–Trinajstić information content (AvgIpc) is 3.40. The van der Waals surface area contributed by atoms with Crippen molar-refractivity contribution in [2.24, 2.45) is 0 Å². The number of ether oxygens (including phenoxy) is 1.